The van der Waals surface area contributed by atoms with Gasteiger partial charge >= 0.3 is 11.9 Å². The molecule has 0 aromatic heterocycles. The summed E-state index contributed by atoms with van der Waals surface area (Å²) in [6.07, 6.45) is 9.24. The van der Waals surface area contributed by atoms with Crippen molar-refractivity contribution < 1.29 is 28.5 Å². The summed E-state index contributed by atoms with van der Waals surface area (Å²) in [6, 6.07) is 0. The summed E-state index contributed by atoms with van der Waals surface area (Å²) in [5.74, 6) is -5.64. The fourth-order valence-electron chi connectivity index (χ4n) is 3.91. The Hall–Kier alpha value is -1.27. The van der Waals surface area contributed by atoms with Crippen molar-refractivity contribution in [1.29, 1.82) is 0 Å². The Morgan fingerprint density at radius 3 is 2.81 bits per heavy atom. The maximum absolute atomic E-state index is 13.8. The maximum Gasteiger partial charge on any atom is 0.377 e. The Morgan fingerprint density at radius 2 is 2.11 bits per heavy atom. The van der Waals surface area contributed by atoms with Crippen LogP contribution in [-0.4, -0.2) is 39.9 Å². The lowest BCUT2D eigenvalue weighted by Crippen LogP contribution is -2.36. The molecular formula is C21H32F2O4. The predicted octanol–water partition coefficient (Wildman–Crippen LogP) is 4.16. The highest BCUT2D eigenvalue weighted by Crippen LogP contribution is 2.40. The summed E-state index contributed by atoms with van der Waals surface area (Å²) in [5, 5.41) is 20.9. The highest BCUT2D eigenvalue weighted by molar-refractivity contribution is 5.77. The first-order chi connectivity index (χ1) is 12.7. The van der Waals surface area contributed by atoms with Crippen molar-refractivity contribution in [3.05, 3.63) is 24.3 Å². The molecule has 0 aromatic carbocycles. The van der Waals surface area contributed by atoms with Crippen molar-refractivity contribution in [3.8, 4) is 0 Å². The number of alkyl halides is 2. The van der Waals surface area contributed by atoms with Crippen LogP contribution in [0.5, 0.6) is 0 Å². The van der Waals surface area contributed by atoms with Crippen LogP contribution in [0.1, 0.15) is 65.2 Å². The van der Waals surface area contributed by atoms with Crippen LogP contribution in [0.25, 0.3) is 0 Å². The van der Waals surface area contributed by atoms with Crippen molar-refractivity contribution in [2.45, 2.75) is 88.9 Å². The van der Waals surface area contributed by atoms with E-state index in [0.29, 0.717) is 12.8 Å². The molecule has 1 aliphatic heterocycles. The van der Waals surface area contributed by atoms with Gasteiger partial charge in [-0.3, -0.25) is 0 Å². The number of aliphatic hydroxyl groups is 2. The van der Waals surface area contributed by atoms with Crippen LogP contribution < -0.4 is 0 Å². The molecule has 0 aromatic rings. The molecule has 4 nitrogen and oxygen atoms in total. The molecule has 0 saturated heterocycles. The minimum Gasteiger partial charge on any atom is -0.458 e. The van der Waals surface area contributed by atoms with Gasteiger partial charge in [0.2, 0.25) is 0 Å². The molecule has 154 valence electrons. The van der Waals surface area contributed by atoms with Crippen molar-refractivity contribution >= 4 is 5.97 Å². The first-order valence-electron chi connectivity index (χ1n) is 10.00. The van der Waals surface area contributed by atoms with Crippen LogP contribution in [0.4, 0.5) is 8.78 Å². The molecule has 6 heteroatoms. The van der Waals surface area contributed by atoms with Crippen LogP contribution in [0.3, 0.4) is 0 Å². The number of hydrogen-bond donors (Lipinski definition) is 2. The number of ether oxygens (including phenoxy) is 1. The molecule has 0 bridgehead atoms. The molecule has 1 heterocycles. The second-order valence-corrected chi connectivity index (χ2v) is 8.11. The van der Waals surface area contributed by atoms with Crippen molar-refractivity contribution in [3.63, 3.8) is 0 Å². The summed E-state index contributed by atoms with van der Waals surface area (Å²) < 4.78 is 32.8. The van der Waals surface area contributed by atoms with Gasteiger partial charge in [-0.1, -0.05) is 50.5 Å². The summed E-state index contributed by atoms with van der Waals surface area (Å²) in [5.41, 5.74) is -0.984. The van der Waals surface area contributed by atoms with Crippen molar-refractivity contribution in [1.82, 2.24) is 0 Å². The van der Waals surface area contributed by atoms with E-state index in [1.807, 2.05) is 6.08 Å². The summed E-state index contributed by atoms with van der Waals surface area (Å²) in [4.78, 5) is 11.8. The topological polar surface area (TPSA) is 66.8 Å². The van der Waals surface area contributed by atoms with Crippen LogP contribution >= 0.6 is 0 Å². The Kier molecular flexibility index (Phi) is 7.57. The Bertz CT molecular complexity index is 556. The quantitative estimate of drug-likeness (QED) is 0.409. The highest BCUT2D eigenvalue weighted by Gasteiger charge is 2.47. The standard InChI is InChI=1S/C21H32F2O4/c1-3-4-7-11-20(2,26)13-10-15-16-9-6-5-8-12-21(22,23)19(25)27-18(16)14-17(15)24/h5-6,10,13,15-18,24,26H,3-4,7-9,11-12,14H2,1-2H3/b6-5-,13-10+/t15-,16-,17-,18+,20+/m1/s1. The minimum absolute atomic E-state index is 0.106. The average molecular weight is 386 g/mol. The van der Waals surface area contributed by atoms with Crippen molar-refractivity contribution in [2.75, 3.05) is 0 Å². The van der Waals surface area contributed by atoms with E-state index in [4.69, 9.17) is 4.74 Å². The van der Waals surface area contributed by atoms with E-state index in [1.165, 1.54) is 0 Å². The lowest BCUT2D eigenvalue weighted by atomic mass is 9.87. The highest BCUT2D eigenvalue weighted by atomic mass is 19.3. The second kappa shape index (κ2) is 9.28. The predicted molar refractivity (Wildman–Crippen MR) is 99.3 cm³/mol. The van der Waals surface area contributed by atoms with E-state index >= 15 is 0 Å². The fourth-order valence-corrected chi connectivity index (χ4v) is 3.91. The summed E-state index contributed by atoms with van der Waals surface area (Å²) in [7, 11) is 0. The molecular weight excluding hydrogens is 354 g/mol. The number of carbonyl (C=O) groups is 1. The van der Waals surface area contributed by atoms with E-state index in [9.17, 15) is 23.8 Å². The minimum atomic E-state index is -3.51. The molecule has 0 amide bonds. The largest absolute Gasteiger partial charge is 0.458 e. The van der Waals surface area contributed by atoms with Gasteiger partial charge in [0.1, 0.15) is 6.10 Å². The van der Waals surface area contributed by atoms with Gasteiger partial charge in [-0.25, -0.2) is 4.79 Å². The number of halogens is 2. The molecule has 1 saturated carbocycles. The lowest BCUT2D eigenvalue weighted by Gasteiger charge is -2.26. The molecule has 0 unspecified atom stereocenters. The summed E-state index contributed by atoms with van der Waals surface area (Å²) in [6.45, 7) is 3.82. The zero-order valence-electron chi connectivity index (χ0n) is 16.2. The molecule has 0 spiro atoms. The van der Waals surface area contributed by atoms with E-state index in [1.54, 1.807) is 25.2 Å². The molecule has 2 aliphatic rings. The number of unbranched alkanes of at least 4 members (excludes halogenated alkanes) is 2. The number of allylic oxidation sites excluding steroid dienone is 2. The van der Waals surface area contributed by atoms with Crippen LogP contribution in [0.2, 0.25) is 0 Å². The van der Waals surface area contributed by atoms with Crippen LogP contribution in [0, 0.1) is 11.8 Å². The van der Waals surface area contributed by atoms with Gasteiger partial charge in [-0.15, -0.1) is 0 Å². The number of carbonyl (C=O) groups excluding carboxylic acids is 1. The lowest BCUT2D eigenvalue weighted by molar-refractivity contribution is -0.180. The molecule has 2 rings (SSSR count). The number of hydrogen-bond acceptors (Lipinski definition) is 4. The average Bonchev–Trinajstić information content (AvgIpc) is 2.87. The third-order valence-electron chi connectivity index (χ3n) is 5.61. The molecule has 2 N–H and O–H groups in total. The van der Waals surface area contributed by atoms with E-state index in [0.717, 1.165) is 19.3 Å². The van der Waals surface area contributed by atoms with E-state index in [2.05, 4.69) is 6.92 Å². The van der Waals surface area contributed by atoms with Gasteiger partial charge in [0.15, 0.2) is 0 Å². The normalized spacial score (nSPS) is 34.7. The van der Waals surface area contributed by atoms with E-state index < -0.39 is 36.1 Å². The molecule has 5 atom stereocenters. The summed E-state index contributed by atoms with van der Waals surface area (Å²) >= 11 is 0. The molecule has 0 radical (unpaired) electrons. The first kappa shape index (κ1) is 22.0. The number of aliphatic hydroxyl groups excluding tert-OH is 1. The van der Waals surface area contributed by atoms with Gasteiger partial charge < -0.3 is 14.9 Å². The van der Waals surface area contributed by atoms with Gasteiger partial charge in [0.05, 0.1) is 11.7 Å². The number of fused-ring (bicyclic) bond motifs is 1. The van der Waals surface area contributed by atoms with E-state index in [-0.39, 0.29) is 24.7 Å². The first-order valence-corrected chi connectivity index (χ1v) is 10.00. The van der Waals surface area contributed by atoms with Gasteiger partial charge in [0, 0.05) is 24.7 Å². The third-order valence-corrected chi connectivity index (χ3v) is 5.61. The van der Waals surface area contributed by atoms with Gasteiger partial charge in [-0.2, -0.15) is 8.78 Å². The monoisotopic (exact) mass is 386 g/mol. The third kappa shape index (κ3) is 6.11. The molecule has 1 fully saturated rings. The van der Waals surface area contributed by atoms with Crippen LogP contribution in [-0.2, 0) is 9.53 Å². The fraction of sp³-hybridized carbons (Fsp3) is 0.762. The van der Waals surface area contributed by atoms with Gasteiger partial charge in [-0.05, 0) is 26.2 Å². The molecule has 1 aliphatic carbocycles. The maximum atomic E-state index is 13.8. The Labute approximate surface area is 160 Å². The second-order valence-electron chi connectivity index (χ2n) is 8.11. The Morgan fingerprint density at radius 1 is 1.37 bits per heavy atom. The SMILES string of the molecule is CCCCC[C@](C)(O)/C=C/[C@@H]1[C@H]2C/C=C\CCC(F)(F)C(=O)O[C@H]2C[C@H]1O. The zero-order chi connectivity index (χ0) is 20.1. The van der Waals surface area contributed by atoms with Crippen molar-refractivity contribution in [2.24, 2.45) is 11.8 Å². The smallest absolute Gasteiger partial charge is 0.377 e. The number of rotatable bonds is 6. The van der Waals surface area contributed by atoms with Crippen LogP contribution in [0.15, 0.2) is 24.3 Å². The Balaban J connectivity index is 2.12. The number of esters is 1. The molecule has 27 heavy (non-hydrogen) atoms. The van der Waals surface area contributed by atoms with Gasteiger partial charge in [0.25, 0.3) is 0 Å². The zero-order valence-corrected chi connectivity index (χ0v) is 16.2.